The van der Waals surface area contributed by atoms with Crippen molar-refractivity contribution >= 4 is 5.97 Å². The zero-order chi connectivity index (χ0) is 16.7. The topological polar surface area (TPSA) is 57.5 Å². The Morgan fingerprint density at radius 2 is 1.43 bits per heavy atom. The second-order valence-electron chi connectivity index (χ2n) is 6.35. The van der Waals surface area contributed by atoms with Gasteiger partial charge < -0.3 is 10.2 Å². The van der Waals surface area contributed by atoms with Crippen molar-refractivity contribution in [1.82, 2.24) is 0 Å². The first kappa shape index (κ1) is 22.7. The Morgan fingerprint density at radius 3 is 1.86 bits per heavy atom. The number of hydrogen-bond acceptors (Lipinski definition) is 2. The molecule has 0 heterocycles. The number of unbranched alkanes of at least 4 members (excludes halogenated alkanes) is 3. The predicted octanol–water partition coefficient (Wildman–Crippen LogP) is 5.26. The van der Waals surface area contributed by atoms with E-state index < -0.39 is 5.97 Å². The van der Waals surface area contributed by atoms with E-state index in [1.54, 1.807) is 6.92 Å². The van der Waals surface area contributed by atoms with E-state index in [-0.39, 0.29) is 12.5 Å². The molecule has 0 amide bonds. The largest absolute Gasteiger partial charge is 0.481 e. The lowest BCUT2D eigenvalue weighted by Gasteiger charge is -2.16. The average molecular weight is 302 g/mol. The molecule has 0 rings (SSSR count). The van der Waals surface area contributed by atoms with Gasteiger partial charge in [-0.1, -0.05) is 72.6 Å². The molecule has 0 aromatic rings. The summed E-state index contributed by atoms with van der Waals surface area (Å²) in [5.74, 6) is 0.593. The molecule has 0 aliphatic rings. The molecule has 0 fully saturated rings. The molecule has 0 radical (unpaired) electrons. The summed E-state index contributed by atoms with van der Waals surface area (Å²) in [5.41, 5.74) is 0. The molecule has 3 nitrogen and oxygen atoms in total. The van der Waals surface area contributed by atoms with Crippen LogP contribution in [-0.4, -0.2) is 22.3 Å². The van der Waals surface area contributed by atoms with Crippen molar-refractivity contribution in [1.29, 1.82) is 0 Å². The van der Waals surface area contributed by atoms with Crippen LogP contribution in [0.25, 0.3) is 0 Å². The zero-order valence-electron chi connectivity index (χ0n) is 14.9. The van der Waals surface area contributed by atoms with Crippen LogP contribution in [0.5, 0.6) is 0 Å². The summed E-state index contributed by atoms with van der Waals surface area (Å²) in [5, 5.41) is 17.1. The average Bonchev–Trinajstić information content (AvgIpc) is 2.44. The van der Waals surface area contributed by atoms with E-state index in [1.807, 2.05) is 6.92 Å². The molecule has 0 aromatic carbocycles. The van der Waals surface area contributed by atoms with E-state index >= 15 is 0 Å². The summed E-state index contributed by atoms with van der Waals surface area (Å²) in [4.78, 5) is 9.37. The molecule has 0 aliphatic carbocycles. The van der Waals surface area contributed by atoms with E-state index in [1.165, 1.54) is 51.4 Å². The van der Waals surface area contributed by atoms with E-state index in [4.69, 9.17) is 5.11 Å². The van der Waals surface area contributed by atoms with Gasteiger partial charge in [-0.3, -0.25) is 4.79 Å². The van der Waals surface area contributed by atoms with Gasteiger partial charge in [-0.2, -0.15) is 0 Å². The molecule has 128 valence electrons. The second-order valence-corrected chi connectivity index (χ2v) is 6.35. The summed E-state index contributed by atoms with van der Waals surface area (Å²) >= 11 is 0. The van der Waals surface area contributed by atoms with E-state index in [0.29, 0.717) is 5.92 Å². The van der Waals surface area contributed by atoms with Crippen LogP contribution >= 0.6 is 0 Å². The second kappa shape index (κ2) is 15.8. The molecule has 0 aliphatic heterocycles. The number of rotatable bonds is 11. The van der Waals surface area contributed by atoms with Crippen LogP contribution in [-0.2, 0) is 4.79 Å². The van der Waals surface area contributed by atoms with Gasteiger partial charge in [0.05, 0.1) is 6.10 Å². The predicted molar refractivity (Wildman–Crippen MR) is 90.5 cm³/mol. The highest BCUT2D eigenvalue weighted by Gasteiger charge is 2.09. The number of carboxylic acids is 1. The minimum absolute atomic E-state index is 0.139. The van der Waals surface area contributed by atoms with E-state index in [2.05, 4.69) is 20.8 Å². The fourth-order valence-corrected chi connectivity index (χ4v) is 2.09. The smallest absolute Gasteiger partial charge is 0.303 e. The van der Waals surface area contributed by atoms with Gasteiger partial charge in [0.25, 0.3) is 0 Å². The Bertz CT molecular complexity index is 227. The van der Waals surface area contributed by atoms with E-state index in [9.17, 15) is 9.90 Å². The molecular weight excluding hydrogens is 264 g/mol. The van der Waals surface area contributed by atoms with Crippen molar-refractivity contribution in [3.05, 3.63) is 0 Å². The summed E-state index contributed by atoms with van der Waals surface area (Å²) < 4.78 is 0. The van der Waals surface area contributed by atoms with Crippen molar-refractivity contribution in [2.24, 2.45) is 11.8 Å². The molecular formula is C18H38O3. The third-order valence-electron chi connectivity index (χ3n) is 4.03. The maximum atomic E-state index is 9.39. The van der Waals surface area contributed by atoms with Gasteiger partial charge in [0.2, 0.25) is 0 Å². The van der Waals surface area contributed by atoms with Gasteiger partial charge in [0.15, 0.2) is 0 Å². The molecule has 0 saturated heterocycles. The quantitative estimate of drug-likeness (QED) is 0.512. The van der Waals surface area contributed by atoms with Crippen molar-refractivity contribution in [3.63, 3.8) is 0 Å². The van der Waals surface area contributed by atoms with Crippen LogP contribution in [0.15, 0.2) is 0 Å². The monoisotopic (exact) mass is 302 g/mol. The maximum absolute atomic E-state index is 9.39. The highest BCUT2D eigenvalue weighted by atomic mass is 16.4. The number of carboxylic acid groups (broad SMARTS) is 1. The van der Waals surface area contributed by atoms with Crippen molar-refractivity contribution in [2.45, 2.75) is 98.5 Å². The molecule has 0 aromatic heterocycles. The molecule has 2 N–H and O–H groups in total. The third-order valence-corrected chi connectivity index (χ3v) is 4.03. The van der Waals surface area contributed by atoms with Gasteiger partial charge in [-0.15, -0.1) is 0 Å². The normalized spacial score (nSPS) is 14.8. The van der Waals surface area contributed by atoms with Gasteiger partial charge in [0, 0.05) is 6.42 Å². The van der Waals surface area contributed by atoms with Crippen molar-refractivity contribution in [2.75, 3.05) is 0 Å². The minimum Gasteiger partial charge on any atom is -0.481 e. The van der Waals surface area contributed by atoms with Crippen molar-refractivity contribution < 1.29 is 15.0 Å². The molecule has 0 unspecified atom stereocenters. The van der Waals surface area contributed by atoms with Crippen LogP contribution in [0.4, 0.5) is 0 Å². The van der Waals surface area contributed by atoms with Gasteiger partial charge >= 0.3 is 5.97 Å². The van der Waals surface area contributed by atoms with Crippen LogP contribution in [0, 0.1) is 11.8 Å². The van der Waals surface area contributed by atoms with E-state index in [0.717, 1.165) is 5.92 Å². The number of aliphatic hydroxyl groups excluding tert-OH is 1. The number of aliphatic hydroxyl groups is 1. The first-order chi connectivity index (χ1) is 9.84. The van der Waals surface area contributed by atoms with Crippen LogP contribution in [0.3, 0.4) is 0 Å². The third kappa shape index (κ3) is 19.4. The molecule has 0 spiro atoms. The Labute approximate surface area is 132 Å². The number of aliphatic carboxylic acids is 1. The Balaban J connectivity index is 0. The van der Waals surface area contributed by atoms with Crippen LogP contribution in [0.1, 0.15) is 92.4 Å². The lowest BCUT2D eigenvalue weighted by molar-refractivity contribution is -0.136. The minimum atomic E-state index is -0.745. The molecule has 21 heavy (non-hydrogen) atoms. The van der Waals surface area contributed by atoms with Gasteiger partial charge in [-0.25, -0.2) is 0 Å². The summed E-state index contributed by atoms with van der Waals surface area (Å²) in [6.45, 7) is 10.3. The first-order valence-electron chi connectivity index (χ1n) is 8.74. The summed E-state index contributed by atoms with van der Waals surface area (Å²) in [6, 6.07) is 0. The fraction of sp³-hybridized carbons (Fsp3) is 0.944. The highest BCUT2D eigenvalue weighted by molar-refractivity contribution is 5.66. The van der Waals surface area contributed by atoms with Crippen LogP contribution < -0.4 is 0 Å². The SMILES string of the molecule is CCC(=O)O.CCCCCC[C@@H](C)CCC[C@@H](C)[C@H](C)O. The molecule has 3 heteroatoms. The lowest BCUT2D eigenvalue weighted by atomic mass is 9.93. The van der Waals surface area contributed by atoms with Gasteiger partial charge in [0.1, 0.15) is 0 Å². The summed E-state index contributed by atoms with van der Waals surface area (Å²) in [7, 11) is 0. The summed E-state index contributed by atoms with van der Waals surface area (Å²) in [6.07, 6.45) is 10.8. The number of hydrogen-bond donors (Lipinski definition) is 2. The maximum Gasteiger partial charge on any atom is 0.303 e. The standard InChI is InChI=1S/C15H32O.C3H6O2/c1-5-6-7-8-10-13(2)11-9-12-14(3)15(4)16;1-2-3(4)5/h13-16H,5-12H2,1-4H3;2H2,1H3,(H,4,5)/t13-,14-,15+;/m1./s1. The molecule has 0 saturated carbocycles. The Kier molecular flexibility index (Phi) is 17.1. The van der Waals surface area contributed by atoms with Crippen LogP contribution in [0.2, 0.25) is 0 Å². The number of carbonyl (C=O) groups is 1. The Morgan fingerprint density at radius 1 is 0.905 bits per heavy atom. The van der Waals surface area contributed by atoms with Crippen molar-refractivity contribution in [3.8, 4) is 0 Å². The lowest BCUT2D eigenvalue weighted by Crippen LogP contribution is -2.13. The zero-order valence-corrected chi connectivity index (χ0v) is 14.9. The fourth-order valence-electron chi connectivity index (χ4n) is 2.09. The Hall–Kier alpha value is -0.570. The van der Waals surface area contributed by atoms with Gasteiger partial charge in [-0.05, 0) is 25.2 Å². The first-order valence-corrected chi connectivity index (χ1v) is 8.74. The molecule has 3 atom stereocenters. The molecule has 0 bridgehead atoms. The highest BCUT2D eigenvalue weighted by Crippen LogP contribution is 2.19.